The highest BCUT2D eigenvalue weighted by atomic mass is 16.5. The van der Waals surface area contributed by atoms with E-state index in [9.17, 15) is 4.79 Å². The van der Waals surface area contributed by atoms with Crippen LogP contribution in [0, 0.1) is 0 Å². The van der Waals surface area contributed by atoms with E-state index in [-0.39, 0.29) is 6.61 Å². The zero-order chi connectivity index (χ0) is 11.4. The van der Waals surface area contributed by atoms with E-state index in [0.717, 1.165) is 5.56 Å². The third-order valence-electron chi connectivity index (χ3n) is 2.06. The molecule has 82 valence electrons. The molecule has 0 bridgehead atoms. The molecule has 0 saturated carbocycles. The summed E-state index contributed by atoms with van der Waals surface area (Å²) in [5, 5.41) is 3.86. The van der Waals surface area contributed by atoms with Gasteiger partial charge in [0.15, 0.2) is 12.4 Å². The monoisotopic (exact) mass is 218 g/mol. The average molecular weight is 218 g/mol. The lowest BCUT2D eigenvalue weighted by Gasteiger charge is -1.95. The lowest BCUT2D eigenvalue weighted by Crippen LogP contribution is -1.86. The van der Waals surface area contributed by atoms with Crippen LogP contribution in [0.25, 0.3) is 11.3 Å². The number of carbonyl (C=O) groups excluding carboxylic acids is 1. The average Bonchev–Trinajstić information content (AvgIpc) is 2.76. The lowest BCUT2D eigenvalue weighted by molar-refractivity contribution is -0.130. The Morgan fingerprint density at radius 2 is 2.12 bits per heavy atom. The molecule has 2 N–H and O–H groups in total. The van der Waals surface area contributed by atoms with E-state index in [1.54, 1.807) is 18.2 Å². The first-order valence-electron chi connectivity index (χ1n) is 4.66. The third-order valence-corrected chi connectivity index (χ3v) is 2.06. The molecule has 1 aromatic heterocycles. The summed E-state index contributed by atoms with van der Waals surface area (Å²) >= 11 is 0. The zero-order valence-corrected chi connectivity index (χ0v) is 8.42. The Labute approximate surface area is 91.8 Å². The number of nitrogens with zero attached hydrogens (tertiary/aromatic N) is 1. The molecule has 0 unspecified atom stereocenters. The number of hydrogen-bond donors (Lipinski definition) is 1. The summed E-state index contributed by atoms with van der Waals surface area (Å²) < 4.78 is 9.54. The smallest absolute Gasteiger partial charge is 0.293 e. The molecule has 2 rings (SSSR count). The van der Waals surface area contributed by atoms with Gasteiger partial charge < -0.3 is 15.0 Å². The number of carbonyl (C=O) groups is 1. The SMILES string of the molecule is Nc1ccc(-c2cc(COC=O)on2)cc1. The van der Waals surface area contributed by atoms with Crippen LogP contribution in [0.5, 0.6) is 0 Å². The van der Waals surface area contributed by atoms with Crippen molar-refractivity contribution >= 4 is 12.2 Å². The van der Waals surface area contributed by atoms with Crippen molar-refractivity contribution in [2.75, 3.05) is 5.73 Å². The third kappa shape index (κ3) is 2.20. The van der Waals surface area contributed by atoms with Gasteiger partial charge in [-0.1, -0.05) is 17.3 Å². The fourth-order valence-corrected chi connectivity index (χ4v) is 1.29. The molecular formula is C11H10N2O3. The molecule has 16 heavy (non-hydrogen) atoms. The van der Waals surface area contributed by atoms with Crippen molar-refractivity contribution in [1.29, 1.82) is 0 Å². The van der Waals surface area contributed by atoms with Crippen molar-refractivity contribution in [2.45, 2.75) is 6.61 Å². The van der Waals surface area contributed by atoms with Gasteiger partial charge in [-0.2, -0.15) is 0 Å². The van der Waals surface area contributed by atoms with Crippen LogP contribution in [0.1, 0.15) is 5.76 Å². The van der Waals surface area contributed by atoms with Gasteiger partial charge in [0.2, 0.25) is 0 Å². The molecular weight excluding hydrogens is 208 g/mol. The molecule has 0 aliphatic rings. The number of anilines is 1. The fraction of sp³-hybridized carbons (Fsp3) is 0.0909. The van der Waals surface area contributed by atoms with Crippen LogP contribution in [0.15, 0.2) is 34.9 Å². The predicted octanol–water partition coefficient (Wildman–Crippen LogP) is 1.60. The molecule has 5 nitrogen and oxygen atoms in total. The first kappa shape index (κ1) is 10.2. The van der Waals surface area contributed by atoms with Gasteiger partial charge >= 0.3 is 0 Å². The Morgan fingerprint density at radius 1 is 1.38 bits per heavy atom. The van der Waals surface area contributed by atoms with Crippen LogP contribution >= 0.6 is 0 Å². The van der Waals surface area contributed by atoms with Crippen molar-refractivity contribution in [1.82, 2.24) is 5.16 Å². The zero-order valence-electron chi connectivity index (χ0n) is 8.42. The summed E-state index contributed by atoms with van der Waals surface area (Å²) in [5.74, 6) is 0.499. The van der Waals surface area contributed by atoms with Gasteiger partial charge in [0, 0.05) is 17.3 Å². The van der Waals surface area contributed by atoms with Crippen LogP contribution in [-0.4, -0.2) is 11.6 Å². The van der Waals surface area contributed by atoms with Crippen molar-refractivity contribution in [3.05, 3.63) is 36.1 Å². The number of nitrogens with two attached hydrogens (primary N) is 1. The summed E-state index contributed by atoms with van der Waals surface area (Å²) in [6, 6.07) is 8.97. The van der Waals surface area contributed by atoms with Crippen molar-refractivity contribution in [3.8, 4) is 11.3 Å². The van der Waals surface area contributed by atoms with E-state index in [0.29, 0.717) is 23.6 Å². The first-order valence-corrected chi connectivity index (χ1v) is 4.66. The Morgan fingerprint density at radius 3 is 2.81 bits per heavy atom. The summed E-state index contributed by atoms with van der Waals surface area (Å²) in [7, 11) is 0. The maximum absolute atomic E-state index is 9.99. The predicted molar refractivity (Wildman–Crippen MR) is 57.2 cm³/mol. The highest BCUT2D eigenvalue weighted by Crippen LogP contribution is 2.20. The molecule has 0 amide bonds. The van der Waals surface area contributed by atoms with E-state index >= 15 is 0 Å². The number of hydrogen-bond acceptors (Lipinski definition) is 5. The highest BCUT2D eigenvalue weighted by Gasteiger charge is 2.06. The van der Waals surface area contributed by atoms with Gasteiger partial charge in [-0.15, -0.1) is 0 Å². The van der Waals surface area contributed by atoms with Gasteiger partial charge in [-0.25, -0.2) is 0 Å². The van der Waals surface area contributed by atoms with Crippen LogP contribution in [0.2, 0.25) is 0 Å². The number of rotatable bonds is 4. The number of nitrogen functional groups attached to an aromatic ring is 1. The van der Waals surface area contributed by atoms with E-state index in [2.05, 4.69) is 9.89 Å². The molecule has 1 heterocycles. The summed E-state index contributed by atoms with van der Waals surface area (Å²) in [6.45, 7) is 0.455. The number of aromatic nitrogens is 1. The summed E-state index contributed by atoms with van der Waals surface area (Å²) in [6.07, 6.45) is 0. The largest absolute Gasteiger partial charge is 0.460 e. The van der Waals surface area contributed by atoms with Crippen LogP contribution in [0.4, 0.5) is 5.69 Å². The maximum Gasteiger partial charge on any atom is 0.293 e. The molecule has 0 aliphatic heterocycles. The summed E-state index contributed by atoms with van der Waals surface area (Å²) in [4.78, 5) is 9.99. The van der Waals surface area contributed by atoms with Gasteiger partial charge in [0.1, 0.15) is 5.69 Å². The number of benzene rings is 1. The maximum atomic E-state index is 9.99. The lowest BCUT2D eigenvalue weighted by atomic mass is 10.1. The Balaban J connectivity index is 2.17. The van der Waals surface area contributed by atoms with E-state index in [1.807, 2.05) is 12.1 Å². The molecule has 1 aromatic carbocycles. The normalized spacial score (nSPS) is 10.0. The first-order chi connectivity index (χ1) is 7.79. The van der Waals surface area contributed by atoms with Gasteiger partial charge in [-0.3, -0.25) is 4.79 Å². The van der Waals surface area contributed by atoms with Crippen molar-refractivity contribution < 1.29 is 14.1 Å². The summed E-state index contributed by atoms with van der Waals surface area (Å²) in [5.41, 5.74) is 7.85. The van der Waals surface area contributed by atoms with E-state index in [4.69, 9.17) is 10.3 Å². The van der Waals surface area contributed by atoms with Crippen molar-refractivity contribution in [2.24, 2.45) is 0 Å². The quantitative estimate of drug-likeness (QED) is 0.622. The molecule has 0 fully saturated rings. The molecule has 0 atom stereocenters. The van der Waals surface area contributed by atoms with E-state index < -0.39 is 0 Å². The fourth-order valence-electron chi connectivity index (χ4n) is 1.29. The second-order valence-corrected chi connectivity index (χ2v) is 3.21. The molecule has 5 heteroatoms. The van der Waals surface area contributed by atoms with Crippen LogP contribution in [0.3, 0.4) is 0 Å². The topological polar surface area (TPSA) is 78.4 Å². The van der Waals surface area contributed by atoms with Crippen molar-refractivity contribution in [3.63, 3.8) is 0 Å². The highest BCUT2D eigenvalue weighted by molar-refractivity contribution is 5.61. The minimum Gasteiger partial charge on any atom is -0.460 e. The van der Waals surface area contributed by atoms with Gasteiger partial charge in [-0.05, 0) is 12.1 Å². The minimum atomic E-state index is 0.0888. The molecule has 0 radical (unpaired) electrons. The number of ether oxygens (including phenoxy) is 1. The van der Waals surface area contributed by atoms with Gasteiger partial charge in [0.05, 0.1) is 0 Å². The Kier molecular flexibility index (Phi) is 2.86. The Hall–Kier alpha value is -2.30. The minimum absolute atomic E-state index is 0.0888. The molecule has 2 aromatic rings. The molecule has 0 aliphatic carbocycles. The molecule has 0 spiro atoms. The van der Waals surface area contributed by atoms with Crippen LogP contribution in [-0.2, 0) is 16.1 Å². The van der Waals surface area contributed by atoms with E-state index in [1.165, 1.54) is 0 Å². The van der Waals surface area contributed by atoms with Gasteiger partial charge in [0.25, 0.3) is 6.47 Å². The Bertz CT molecular complexity index is 476. The second kappa shape index (κ2) is 4.48. The van der Waals surface area contributed by atoms with Crippen LogP contribution < -0.4 is 5.73 Å². The standard InChI is InChI=1S/C11H10N2O3/c12-9-3-1-8(2-4-9)11-5-10(16-13-11)6-15-7-14/h1-5,7H,6,12H2. The second-order valence-electron chi connectivity index (χ2n) is 3.21. The molecule has 0 saturated heterocycles.